The Kier molecular flexibility index (Phi) is 5.74. The lowest BCUT2D eigenvalue weighted by molar-refractivity contribution is -0.129. The first-order valence-corrected chi connectivity index (χ1v) is 12.1. The number of H-pyrrole nitrogens is 1. The molecule has 0 bridgehead atoms. The van der Waals surface area contributed by atoms with Crippen molar-refractivity contribution >= 4 is 28.6 Å². The average molecular weight is 446 g/mol. The number of amides is 1. The molecule has 0 spiro atoms. The molecule has 1 aliphatic heterocycles. The standard InChI is InChI=1S/C25H27N5OS/c1-17-10-12-29(13-11-17)23(31)16-32-25-28-27-24(30(25)19-7-5-6-18(2)14-19)21-15-26-22-9-4-3-8-20(21)22/h3-9,14-15,17,26H,10-13,16H2,1-2H3. The molecule has 7 heteroatoms. The van der Waals surface area contributed by atoms with Crippen LogP contribution in [0.4, 0.5) is 0 Å². The Morgan fingerprint density at radius 2 is 1.94 bits per heavy atom. The van der Waals surface area contributed by atoms with Crippen LogP contribution >= 0.6 is 11.8 Å². The highest BCUT2D eigenvalue weighted by molar-refractivity contribution is 7.99. The number of aryl methyl sites for hydroxylation is 1. The maximum Gasteiger partial charge on any atom is 0.233 e. The molecule has 2 aromatic heterocycles. The first kappa shape index (κ1) is 20.8. The van der Waals surface area contributed by atoms with E-state index in [1.165, 1.54) is 11.8 Å². The summed E-state index contributed by atoms with van der Waals surface area (Å²) < 4.78 is 2.07. The molecule has 1 amide bonds. The van der Waals surface area contributed by atoms with E-state index in [4.69, 9.17) is 0 Å². The average Bonchev–Trinajstić information content (AvgIpc) is 3.42. The maximum atomic E-state index is 12.8. The van der Waals surface area contributed by atoms with E-state index in [1.807, 2.05) is 29.3 Å². The van der Waals surface area contributed by atoms with Gasteiger partial charge < -0.3 is 9.88 Å². The fourth-order valence-corrected chi connectivity index (χ4v) is 5.12. The zero-order chi connectivity index (χ0) is 22.1. The lowest BCUT2D eigenvalue weighted by atomic mass is 9.99. The monoisotopic (exact) mass is 445 g/mol. The van der Waals surface area contributed by atoms with Crippen molar-refractivity contribution in [2.24, 2.45) is 5.92 Å². The Morgan fingerprint density at radius 3 is 2.75 bits per heavy atom. The minimum absolute atomic E-state index is 0.175. The summed E-state index contributed by atoms with van der Waals surface area (Å²) in [4.78, 5) is 18.2. The smallest absolute Gasteiger partial charge is 0.233 e. The van der Waals surface area contributed by atoms with Crippen LogP contribution in [0.5, 0.6) is 0 Å². The second kappa shape index (κ2) is 8.82. The van der Waals surface area contributed by atoms with Gasteiger partial charge in [-0.15, -0.1) is 10.2 Å². The van der Waals surface area contributed by atoms with Gasteiger partial charge in [-0.25, -0.2) is 0 Å². The Morgan fingerprint density at radius 1 is 1.12 bits per heavy atom. The Balaban J connectivity index is 1.48. The number of nitrogens with zero attached hydrogens (tertiary/aromatic N) is 4. The largest absolute Gasteiger partial charge is 0.360 e. The normalized spacial score (nSPS) is 14.9. The zero-order valence-electron chi connectivity index (χ0n) is 18.4. The van der Waals surface area contributed by atoms with Crippen LogP contribution in [0.3, 0.4) is 0 Å². The van der Waals surface area contributed by atoms with Gasteiger partial charge in [0.2, 0.25) is 5.91 Å². The van der Waals surface area contributed by atoms with Crippen molar-refractivity contribution in [1.82, 2.24) is 24.6 Å². The molecule has 1 saturated heterocycles. The molecule has 1 N–H and O–H groups in total. The summed E-state index contributed by atoms with van der Waals surface area (Å²) in [6.45, 7) is 6.04. The van der Waals surface area contributed by atoms with Gasteiger partial charge in [-0.1, -0.05) is 49.0 Å². The summed E-state index contributed by atoms with van der Waals surface area (Å²) in [5, 5.41) is 10.9. The van der Waals surface area contributed by atoms with E-state index >= 15 is 0 Å². The van der Waals surface area contributed by atoms with Crippen molar-refractivity contribution in [3.63, 3.8) is 0 Å². The van der Waals surface area contributed by atoms with E-state index in [1.54, 1.807) is 0 Å². The fourth-order valence-electron chi connectivity index (χ4n) is 4.27. The summed E-state index contributed by atoms with van der Waals surface area (Å²) in [6.07, 6.45) is 4.15. The molecule has 2 aromatic carbocycles. The molecule has 1 aliphatic rings. The maximum absolute atomic E-state index is 12.8. The number of aromatic nitrogens is 4. The zero-order valence-corrected chi connectivity index (χ0v) is 19.2. The van der Waals surface area contributed by atoms with Crippen LogP contribution in [-0.4, -0.2) is 49.4 Å². The minimum atomic E-state index is 0.175. The number of nitrogens with one attached hydrogen (secondary N) is 1. The van der Waals surface area contributed by atoms with Crippen molar-refractivity contribution in [1.29, 1.82) is 0 Å². The molecule has 164 valence electrons. The van der Waals surface area contributed by atoms with E-state index in [2.05, 4.69) is 63.9 Å². The molecule has 1 fully saturated rings. The Labute approximate surface area is 192 Å². The first-order valence-electron chi connectivity index (χ1n) is 11.1. The number of rotatable bonds is 5. The number of hydrogen-bond donors (Lipinski definition) is 1. The summed E-state index contributed by atoms with van der Waals surface area (Å²) in [5.74, 6) is 2.02. The van der Waals surface area contributed by atoms with Crippen molar-refractivity contribution in [3.05, 3.63) is 60.3 Å². The quantitative estimate of drug-likeness (QED) is 0.435. The lowest BCUT2D eigenvalue weighted by Gasteiger charge is -2.30. The van der Waals surface area contributed by atoms with Gasteiger partial charge in [-0.05, 0) is 49.4 Å². The molecule has 4 aromatic rings. The van der Waals surface area contributed by atoms with Crippen molar-refractivity contribution < 1.29 is 4.79 Å². The Hall–Kier alpha value is -3.06. The van der Waals surface area contributed by atoms with E-state index in [9.17, 15) is 4.79 Å². The van der Waals surface area contributed by atoms with Crippen LogP contribution in [0.15, 0.2) is 59.9 Å². The van der Waals surface area contributed by atoms with E-state index in [0.717, 1.165) is 64.6 Å². The number of carbonyl (C=O) groups is 1. The molecule has 3 heterocycles. The highest BCUT2D eigenvalue weighted by Gasteiger charge is 2.23. The highest BCUT2D eigenvalue weighted by atomic mass is 32.2. The summed E-state index contributed by atoms with van der Waals surface area (Å²) >= 11 is 1.46. The number of carbonyl (C=O) groups excluding carboxylic acids is 1. The minimum Gasteiger partial charge on any atom is -0.360 e. The Bertz CT molecular complexity index is 1250. The first-order chi connectivity index (χ1) is 15.6. The number of fused-ring (bicyclic) bond motifs is 1. The molecule has 0 atom stereocenters. The third-order valence-corrected chi connectivity index (χ3v) is 7.10. The summed E-state index contributed by atoms with van der Waals surface area (Å²) in [6, 6.07) is 16.5. The summed E-state index contributed by atoms with van der Waals surface area (Å²) in [5.41, 5.74) is 4.22. The highest BCUT2D eigenvalue weighted by Crippen LogP contribution is 2.32. The van der Waals surface area contributed by atoms with Crippen molar-refractivity contribution in [2.45, 2.75) is 31.8 Å². The van der Waals surface area contributed by atoms with Gasteiger partial charge in [0.1, 0.15) is 0 Å². The molecule has 32 heavy (non-hydrogen) atoms. The molecule has 0 aliphatic carbocycles. The van der Waals surface area contributed by atoms with E-state index < -0.39 is 0 Å². The number of likely N-dealkylation sites (tertiary alicyclic amines) is 1. The van der Waals surface area contributed by atoms with Gasteiger partial charge in [-0.3, -0.25) is 9.36 Å². The van der Waals surface area contributed by atoms with Crippen molar-refractivity contribution in [2.75, 3.05) is 18.8 Å². The van der Waals surface area contributed by atoms with Crippen LogP contribution in [0, 0.1) is 12.8 Å². The second-order valence-corrected chi connectivity index (χ2v) is 9.52. The number of benzene rings is 2. The predicted molar refractivity (Wildman–Crippen MR) is 129 cm³/mol. The van der Waals surface area contributed by atoms with Crippen molar-refractivity contribution in [3.8, 4) is 17.1 Å². The van der Waals surface area contributed by atoms with Gasteiger partial charge in [0.25, 0.3) is 0 Å². The van der Waals surface area contributed by atoms with Gasteiger partial charge >= 0.3 is 0 Å². The molecule has 0 radical (unpaired) electrons. The number of piperidine rings is 1. The number of aromatic amines is 1. The second-order valence-electron chi connectivity index (χ2n) is 8.58. The molecule has 0 saturated carbocycles. The van der Waals surface area contributed by atoms with Gasteiger partial charge in [0.05, 0.1) is 5.75 Å². The number of thioether (sulfide) groups is 1. The van der Waals surface area contributed by atoms with E-state index in [0.29, 0.717) is 11.7 Å². The van der Waals surface area contributed by atoms with Crippen LogP contribution in [-0.2, 0) is 4.79 Å². The van der Waals surface area contributed by atoms with Crippen LogP contribution < -0.4 is 0 Å². The lowest BCUT2D eigenvalue weighted by Crippen LogP contribution is -2.38. The topological polar surface area (TPSA) is 66.8 Å². The molecular weight excluding hydrogens is 418 g/mol. The van der Waals surface area contributed by atoms with Crippen LogP contribution in [0.2, 0.25) is 0 Å². The van der Waals surface area contributed by atoms with Gasteiger partial charge in [0, 0.05) is 41.4 Å². The van der Waals surface area contributed by atoms with E-state index in [-0.39, 0.29) is 5.91 Å². The SMILES string of the molecule is Cc1cccc(-n2c(SCC(=O)N3CCC(C)CC3)nnc2-c2c[nH]c3ccccc23)c1. The third kappa shape index (κ3) is 4.05. The predicted octanol–water partition coefficient (Wildman–Crippen LogP) is 5.07. The molecule has 5 rings (SSSR count). The van der Waals surface area contributed by atoms with Gasteiger partial charge in [-0.2, -0.15) is 0 Å². The van der Waals surface area contributed by atoms with Crippen LogP contribution in [0.1, 0.15) is 25.3 Å². The molecule has 0 unspecified atom stereocenters. The molecule has 6 nitrogen and oxygen atoms in total. The fraction of sp³-hybridized carbons (Fsp3) is 0.320. The summed E-state index contributed by atoms with van der Waals surface area (Å²) in [7, 11) is 0. The van der Waals surface area contributed by atoms with Gasteiger partial charge in [0.15, 0.2) is 11.0 Å². The molecular formula is C25H27N5OS. The number of hydrogen-bond acceptors (Lipinski definition) is 4. The number of para-hydroxylation sites is 1. The van der Waals surface area contributed by atoms with Crippen LogP contribution in [0.25, 0.3) is 28.0 Å². The third-order valence-electron chi connectivity index (χ3n) is 6.18.